The Hall–Kier alpha value is -2.77. The first-order valence-corrected chi connectivity index (χ1v) is 12.5. The standard InChI is InChI=1S/C27H37N5O2/c1-20(2)30-13-15-31(16-14-30)21-9-12-32-24(19-29-10-5-6-11-29)27(28-26(32)17-21)23-8-7-22(33-3)18-25(23)34-4/h7-9,12,17-18,20H,5-6,10-11,13-16,19H2,1-4H3. The summed E-state index contributed by atoms with van der Waals surface area (Å²) in [4.78, 5) is 12.7. The highest BCUT2D eigenvalue weighted by molar-refractivity contribution is 5.74. The van der Waals surface area contributed by atoms with Gasteiger partial charge in [0.1, 0.15) is 17.1 Å². The van der Waals surface area contributed by atoms with E-state index in [0.29, 0.717) is 6.04 Å². The van der Waals surface area contributed by atoms with Crippen LogP contribution < -0.4 is 14.4 Å². The Bertz CT molecular complexity index is 1130. The zero-order valence-corrected chi connectivity index (χ0v) is 21.0. The van der Waals surface area contributed by atoms with Crippen LogP contribution in [0.5, 0.6) is 11.5 Å². The van der Waals surface area contributed by atoms with Crippen molar-refractivity contribution in [2.75, 3.05) is 58.4 Å². The number of piperazine rings is 1. The van der Waals surface area contributed by atoms with Crippen LogP contribution in [0.25, 0.3) is 16.9 Å². The minimum atomic E-state index is 0.604. The maximum Gasteiger partial charge on any atom is 0.139 e. The topological polar surface area (TPSA) is 45.5 Å². The number of ether oxygens (including phenoxy) is 2. The number of hydrogen-bond acceptors (Lipinski definition) is 6. The molecule has 0 amide bonds. The molecule has 7 heteroatoms. The van der Waals surface area contributed by atoms with Gasteiger partial charge in [0.05, 0.1) is 25.6 Å². The molecule has 0 unspecified atom stereocenters. The molecular formula is C27H37N5O2. The summed E-state index contributed by atoms with van der Waals surface area (Å²) < 4.78 is 13.5. The van der Waals surface area contributed by atoms with Gasteiger partial charge in [0.2, 0.25) is 0 Å². The van der Waals surface area contributed by atoms with Gasteiger partial charge in [-0.15, -0.1) is 0 Å². The van der Waals surface area contributed by atoms with Crippen LogP contribution in [-0.4, -0.2) is 78.7 Å². The molecule has 7 nitrogen and oxygen atoms in total. The van der Waals surface area contributed by atoms with Gasteiger partial charge in [-0.05, 0) is 58.0 Å². The van der Waals surface area contributed by atoms with E-state index in [4.69, 9.17) is 14.5 Å². The lowest BCUT2D eigenvalue weighted by Gasteiger charge is -2.38. The number of anilines is 1. The van der Waals surface area contributed by atoms with Crippen LogP contribution >= 0.6 is 0 Å². The molecule has 0 bridgehead atoms. The summed E-state index contributed by atoms with van der Waals surface area (Å²) in [6.45, 7) is 12.0. The van der Waals surface area contributed by atoms with Crippen LogP contribution in [0.3, 0.4) is 0 Å². The first kappa shape index (κ1) is 23.0. The van der Waals surface area contributed by atoms with Crippen LogP contribution in [0, 0.1) is 0 Å². The number of imidazole rings is 1. The van der Waals surface area contributed by atoms with Crippen LogP contribution in [-0.2, 0) is 6.54 Å². The van der Waals surface area contributed by atoms with Crippen molar-refractivity contribution in [2.24, 2.45) is 0 Å². The highest BCUT2D eigenvalue weighted by atomic mass is 16.5. The van der Waals surface area contributed by atoms with Gasteiger partial charge < -0.3 is 18.8 Å². The number of benzene rings is 1. The van der Waals surface area contributed by atoms with Crippen LogP contribution in [0.15, 0.2) is 36.5 Å². The number of nitrogens with zero attached hydrogens (tertiary/aromatic N) is 5. The summed E-state index contributed by atoms with van der Waals surface area (Å²) >= 11 is 0. The third-order valence-electron chi connectivity index (χ3n) is 7.35. The fourth-order valence-electron chi connectivity index (χ4n) is 5.29. The lowest BCUT2D eigenvalue weighted by atomic mass is 10.1. The van der Waals surface area contributed by atoms with Crippen molar-refractivity contribution in [3.8, 4) is 22.8 Å². The van der Waals surface area contributed by atoms with Crippen molar-refractivity contribution in [1.29, 1.82) is 0 Å². The Kier molecular flexibility index (Phi) is 6.66. The van der Waals surface area contributed by atoms with Crippen molar-refractivity contribution in [2.45, 2.75) is 39.3 Å². The second-order valence-electron chi connectivity index (χ2n) is 9.69. The second-order valence-corrected chi connectivity index (χ2v) is 9.69. The van der Waals surface area contributed by atoms with Crippen molar-refractivity contribution in [1.82, 2.24) is 19.2 Å². The third kappa shape index (κ3) is 4.46. The summed E-state index contributed by atoms with van der Waals surface area (Å²) in [5.41, 5.74) is 5.46. The normalized spacial score (nSPS) is 17.7. The number of hydrogen-bond donors (Lipinski definition) is 0. The van der Waals surface area contributed by atoms with Crippen LogP contribution in [0.4, 0.5) is 5.69 Å². The van der Waals surface area contributed by atoms with Gasteiger partial charge >= 0.3 is 0 Å². The number of pyridine rings is 1. The van der Waals surface area contributed by atoms with E-state index in [0.717, 1.165) is 74.2 Å². The van der Waals surface area contributed by atoms with Crippen molar-refractivity contribution >= 4 is 11.3 Å². The predicted molar refractivity (Wildman–Crippen MR) is 137 cm³/mol. The van der Waals surface area contributed by atoms with Crippen molar-refractivity contribution < 1.29 is 9.47 Å². The Labute approximate surface area is 202 Å². The van der Waals surface area contributed by atoms with Gasteiger partial charge in [0.15, 0.2) is 0 Å². The summed E-state index contributed by atoms with van der Waals surface area (Å²) in [5, 5.41) is 0. The molecule has 2 aliphatic heterocycles. The quantitative estimate of drug-likeness (QED) is 0.525. The fraction of sp³-hybridized carbons (Fsp3) is 0.519. The zero-order valence-electron chi connectivity index (χ0n) is 21.0. The number of aromatic nitrogens is 2. The van der Waals surface area contributed by atoms with Gasteiger partial charge in [-0.3, -0.25) is 9.80 Å². The van der Waals surface area contributed by atoms with E-state index in [1.165, 1.54) is 24.2 Å². The van der Waals surface area contributed by atoms with Gasteiger partial charge in [-0.1, -0.05) is 0 Å². The van der Waals surface area contributed by atoms with E-state index in [2.05, 4.69) is 57.3 Å². The van der Waals surface area contributed by atoms with Gasteiger partial charge in [-0.25, -0.2) is 4.98 Å². The lowest BCUT2D eigenvalue weighted by molar-refractivity contribution is 0.209. The monoisotopic (exact) mass is 463 g/mol. The molecule has 34 heavy (non-hydrogen) atoms. The van der Waals surface area contributed by atoms with E-state index in [1.54, 1.807) is 14.2 Å². The first-order valence-electron chi connectivity index (χ1n) is 12.5. The van der Waals surface area contributed by atoms with Gasteiger partial charge in [0, 0.05) is 68.3 Å². The van der Waals surface area contributed by atoms with Gasteiger partial charge in [-0.2, -0.15) is 0 Å². The molecule has 1 aromatic carbocycles. The maximum absolute atomic E-state index is 5.76. The molecule has 0 radical (unpaired) electrons. The molecule has 2 saturated heterocycles. The second kappa shape index (κ2) is 9.84. The molecule has 3 aromatic rings. The minimum absolute atomic E-state index is 0.604. The van der Waals surface area contributed by atoms with E-state index >= 15 is 0 Å². The summed E-state index contributed by atoms with van der Waals surface area (Å²) in [5.74, 6) is 1.57. The van der Waals surface area contributed by atoms with Gasteiger partial charge in [0.25, 0.3) is 0 Å². The summed E-state index contributed by atoms with van der Waals surface area (Å²) in [7, 11) is 3.39. The molecule has 0 saturated carbocycles. The van der Waals surface area contributed by atoms with E-state index in [1.807, 2.05) is 12.1 Å². The molecule has 0 N–H and O–H groups in total. The highest BCUT2D eigenvalue weighted by Crippen LogP contribution is 2.36. The largest absolute Gasteiger partial charge is 0.497 e. The lowest BCUT2D eigenvalue weighted by Crippen LogP contribution is -2.48. The SMILES string of the molecule is COc1ccc(-c2nc3cc(N4CCN(C(C)C)CC4)ccn3c2CN2CCCC2)c(OC)c1. The third-order valence-corrected chi connectivity index (χ3v) is 7.35. The van der Waals surface area contributed by atoms with E-state index in [-0.39, 0.29) is 0 Å². The average Bonchev–Trinajstić information content (AvgIpc) is 3.51. The van der Waals surface area contributed by atoms with E-state index in [9.17, 15) is 0 Å². The molecule has 0 aliphatic carbocycles. The molecule has 0 atom stereocenters. The molecular weight excluding hydrogens is 426 g/mol. The average molecular weight is 464 g/mol. The fourth-order valence-corrected chi connectivity index (χ4v) is 5.29. The number of likely N-dealkylation sites (tertiary alicyclic amines) is 1. The van der Waals surface area contributed by atoms with Crippen molar-refractivity contribution in [3.63, 3.8) is 0 Å². The van der Waals surface area contributed by atoms with Crippen LogP contribution in [0.1, 0.15) is 32.4 Å². The number of fused-ring (bicyclic) bond motifs is 1. The Balaban J connectivity index is 1.53. The zero-order chi connectivity index (χ0) is 23.7. The van der Waals surface area contributed by atoms with Crippen LogP contribution in [0.2, 0.25) is 0 Å². The molecule has 0 spiro atoms. The number of methoxy groups -OCH3 is 2. The Morgan fingerprint density at radius 3 is 2.35 bits per heavy atom. The van der Waals surface area contributed by atoms with Crippen molar-refractivity contribution in [3.05, 3.63) is 42.2 Å². The molecule has 182 valence electrons. The maximum atomic E-state index is 5.76. The number of rotatable bonds is 7. The smallest absolute Gasteiger partial charge is 0.139 e. The summed E-state index contributed by atoms with van der Waals surface area (Å²) in [6.07, 6.45) is 4.74. The molecule has 2 fully saturated rings. The molecule has 5 rings (SSSR count). The molecule has 2 aliphatic rings. The first-order chi connectivity index (χ1) is 16.6. The minimum Gasteiger partial charge on any atom is -0.497 e. The predicted octanol–water partition coefficient (Wildman–Crippen LogP) is 4.14. The Morgan fingerprint density at radius 2 is 1.68 bits per heavy atom. The molecule has 4 heterocycles. The highest BCUT2D eigenvalue weighted by Gasteiger charge is 2.23. The molecule has 2 aromatic heterocycles. The van der Waals surface area contributed by atoms with E-state index < -0.39 is 0 Å². The Morgan fingerprint density at radius 1 is 0.912 bits per heavy atom. The summed E-state index contributed by atoms with van der Waals surface area (Å²) in [6, 6.07) is 11.1.